The number of hydrogen-bond donors (Lipinski definition) is 2. The Labute approximate surface area is 122 Å². The summed E-state index contributed by atoms with van der Waals surface area (Å²) < 4.78 is 41.3. The molecule has 3 nitrogen and oxygen atoms in total. The van der Waals surface area contributed by atoms with Gasteiger partial charge in [0.1, 0.15) is 0 Å². The van der Waals surface area contributed by atoms with Gasteiger partial charge in [0.2, 0.25) is 0 Å². The van der Waals surface area contributed by atoms with Gasteiger partial charge in [-0.05, 0) is 36.8 Å². The second kappa shape index (κ2) is 6.95. The van der Waals surface area contributed by atoms with Crippen LogP contribution in [0.4, 0.5) is 18.9 Å². The Morgan fingerprint density at radius 1 is 1.42 bits per heavy atom. The van der Waals surface area contributed by atoms with Gasteiger partial charge in [0.25, 0.3) is 0 Å². The molecule has 19 heavy (non-hydrogen) atoms. The van der Waals surface area contributed by atoms with Crippen LogP contribution in [0.5, 0.6) is 5.75 Å². The molecule has 0 aliphatic rings. The molecular weight excluding hydrogens is 345 g/mol. The zero-order valence-corrected chi connectivity index (χ0v) is 12.4. The average molecular weight is 357 g/mol. The van der Waals surface area contributed by atoms with Crippen LogP contribution in [0, 0.1) is 0 Å². The summed E-state index contributed by atoms with van der Waals surface area (Å²) >= 11 is 8.05. The third kappa shape index (κ3) is 6.11. The first kappa shape index (κ1) is 16.0. The third-order valence-corrected chi connectivity index (χ3v) is 2.69. The monoisotopic (exact) mass is 356 g/mol. The predicted octanol–water partition coefficient (Wildman–Crippen LogP) is 4.04. The molecule has 1 rings (SSSR count). The number of thiocarbonyl (C=S) groups is 1. The van der Waals surface area contributed by atoms with Crippen molar-refractivity contribution in [1.82, 2.24) is 5.32 Å². The summed E-state index contributed by atoms with van der Waals surface area (Å²) in [4.78, 5) is 0. The molecule has 0 aliphatic heterocycles. The zero-order chi connectivity index (χ0) is 14.5. The number of halogens is 4. The number of benzene rings is 1. The van der Waals surface area contributed by atoms with Crippen LogP contribution in [-0.4, -0.2) is 18.0 Å². The lowest BCUT2D eigenvalue weighted by Gasteiger charge is -2.16. The van der Waals surface area contributed by atoms with E-state index in [4.69, 9.17) is 12.2 Å². The summed E-state index contributed by atoms with van der Waals surface area (Å²) in [5.41, 5.74) is 0.147. The minimum Gasteiger partial charge on any atom is -0.404 e. The lowest BCUT2D eigenvalue weighted by atomic mass is 10.3. The van der Waals surface area contributed by atoms with Crippen LogP contribution < -0.4 is 15.4 Å². The van der Waals surface area contributed by atoms with E-state index in [1.54, 1.807) is 6.07 Å². The van der Waals surface area contributed by atoms with Gasteiger partial charge in [0.15, 0.2) is 10.9 Å². The Bertz CT molecular complexity index is 454. The highest BCUT2D eigenvalue weighted by Crippen LogP contribution is 2.32. The normalized spacial score (nSPS) is 11.0. The molecule has 0 spiro atoms. The molecule has 0 saturated carbocycles. The van der Waals surface area contributed by atoms with Crippen molar-refractivity contribution in [2.45, 2.75) is 19.7 Å². The molecule has 0 fully saturated rings. The van der Waals surface area contributed by atoms with E-state index in [-0.39, 0.29) is 16.5 Å². The fraction of sp³-hybridized carbons (Fsp3) is 0.364. The molecule has 0 amide bonds. The van der Waals surface area contributed by atoms with E-state index < -0.39 is 6.36 Å². The Kier molecular flexibility index (Phi) is 5.86. The first-order valence-corrected chi connectivity index (χ1v) is 6.62. The highest BCUT2D eigenvalue weighted by atomic mass is 79.9. The van der Waals surface area contributed by atoms with Gasteiger partial charge in [-0.1, -0.05) is 22.9 Å². The van der Waals surface area contributed by atoms with Gasteiger partial charge < -0.3 is 15.4 Å². The summed E-state index contributed by atoms with van der Waals surface area (Å²) in [6.07, 6.45) is -3.90. The molecule has 8 heteroatoms. The molecule has 1 aromatic carbocycles. The predicted molar refractivity (Wildman–Crippen MR) is 75.3 cm³/mol. The SMILES string of the molecule is CCCNC(=S)Nc1ccc(Br)cc1OC(F)(F)F. The largest absolute Gasteiger partial charge is 0.573 e. The summed E-state index contributed by atoms with van der Waals surface area (Å²) in [5, 5.41) is 5.77. The standard InChI is InChI=1S/C11H12BrF3N2OS/c1-2-5-16-10(19)17-8-4-3-7(12)6-9(8)18-11(13,14)15/h3-4,6H,2,5H2,1H3,(H2,16,17,19). The molecule has 2 N–H and O–H groups in total. The van der Waals surface area contributed by atoms with E-state index in [9.17, 15) is 13.2 Å². The van der Waals surface area contributed by atoms with Crippen molar-refractivity contribution in [3.05, 3.63) is 22.7 Å². The number of rotatable bonds is 4. The van der Waals surface area contributed by atoms with Crippen LogP contribution in [0.3, 0.4) is 0 Å². The van der Waals surface area contributed by atoms with E-state index in [2.05, 4.69) is 31.3 Å². The zero-order valence-electron chi connectivity index (χ0n) is 9.97. The molecule has 106 valence electrons. The molecule has 1 aromatic rings. The van der Waals surface area contributed by atoms with Gasteiger partial charge >= 0.3 is 6.36 Å². The second-order valence-corrected chi connectivity index (χ2v) is 4.89. The maximum absolute atomic E-state index is 12.3. The number of anilines is 1. The Morgan fingerprint density at radius 2 is 2.11 bits per heavy atom. The number of nitrogens with one attached hydrogen (secondary N) is 2. The Balaban J connectivity index is 2.84. The average Bonchev–Trinajstić information content (AvgIpc) is 2.28. The Hall–Kier alpha value is -1.02. The van der Waals surface area contributed by atoms with Crippen molar-refractivity contribution in [2.75, 3.05) is 11.9 Å². The van der Waals surface area contributed by atoms with Crippen molar-refractivity contribution in [3.63, 3.8) is 0 Å². The highest BCUT2D eigenvalue weighted by molar-refractivity contribution is 9.10. The maximum Gasteiger partial charge on any atom is 0.573 e. The van der Waals surface area contributed by atoms with E-state index in [0.29, 0.717) is 11.0 Å². The minimum atomic E-state index is -4.75. The molecule has 0 radical (unpaired) electrons. The smallest absolute Gasteiger partial charge is 0.404 e. The van der Waals surface area contributed by atoms with E-state index in [0.717, 1.165) is 6.42 Å². The maximum atomic E-state index is 12.3. The fourth-order valence-corrected chi connectivity index (χ4v) is 1.77. The second-order valence-electron chi connectivity index (χ2n) is 3.57. The molecule has 0 atom stereocenters. The van der Waals surface area contributed by atoms with E-state index in [1.807, 2.05) is 6.92 Å². The molecule has 0 heterocycles. The van der Waals surface area contributed by atoms with Crippen molar-refractivity contribution in [2.24, 2.45) is 0 Å². The number of hydrogen-bond acceptors (Lipinski definition) is 2. The van der Waals surface area contributed by atoms with E-state index in [1.165, 1.54) is 12.1 Å². The minimum absolute atomic E-state index is 0.147. The molecule has 0 unspecified atom stereocenters. The van der Waals surface area contributed by atoms with Gasteiger partial charge in [-0.15, -0.1) is 13.2 Å². The molecular formula is C11H12BrF3N2OS. The third-order valence-electron chi connectivity index (χ3n) is 1.95. The quantitative estimate of drug-likeness (QED) is 0.797. The molecule has 0 saturated heterocycles. The van der Waals surface area contributed by atoms with Crippen LogP contribution in [-0.2, 0) is 0 Å². The van der Waals surface area contributed by atoms with E-state index >= 15 is 0 Å². The van der Waals surface area contributed by atoms with Crippen molar-refractivity contribution in [3.8, 4) is 5.75 Å². The van der Waals surface area contributed by atoms with Crippen LogP contribution >= 0.6 is 28.1 Å². The molecule has 0 aromatic heterocycles. The molecule has 0 bridgehead atoms. The van der Waals surface area contributed by atoms with Crippen molar-refractivity contribution in [1.29, 1.82) is 0 Å². The summed E-state index contributed by atoms with van der Waals surface area (Å²) in [7, 11) is 0. The lowest BCUT2D eigenvalue weighted by molar-refractivity contribution is -0.274. The van der Waals surface area contributed by atoms with Crippen molar-refractivity contribution < 1.29 is 17.9 Å². The van der Waals surface area contributed by atoms with Crippen LogP contribution in [0.1, 0.15) is 13.3 Å². The van der Waals surface area contributed by atoms with Gasteiger partial charge in [0, 0.05) is 11.0 Å². The van der Waals surface area contributed by atoms with Crippen LogP contribution in [0.25, 0.3) is 0 Å². The first-order chi connectivity index (χ1) is 8.81. The summed E-state index contributed by atoms with van der Waals surface area (Å²) in [6, 6.07) is 4.26. The van der Waals surface area contributed by atoms with Gasteiger partial charge in [-0.3, -0.25) is 0 Å². The lowest BCUT2D eigenvalue weighted by Crippen LogP contribution is -2.29. The van der Waals surface area contributed by atoms with Gasteiger partial charge in [-0.2, -0.15) is 0 Å². The fourth-order valence-electron chi connectivity index (χ4n) is 1.21. The highest BCUT2D eigenvalue weighted by Gasteiger charge is 2.32. The number of alkyl halides is 3. The summed E-state index contributed by atoms with van der Waals surface area (Å²) in [5.74, 6) is -0.345. The Morgan fingerprint density at radius 3 is 2.68 bits per heavy atom. The van der Waals surface area contributed by atoms with Crippen LogP contribution in [0.15, 0.2) is 22.7 Å². The van der Waals surface area contributed by atoms with Crippen molar-refractivity contribution >= 4 is 38.9 Å². The number of ether oxygens (including phenoxy) is 1. The van der Waals surface area contributed by atoms with Crippen LogP contribution in [0.2, 0.25) is 0 Å². The van der Waals surface area contributed by atoms with Gasteiger partial charge in [0.05, 0.1) is 5.69 Å². The first-order valence-electron chi connectivity index (χ1n) is 5.42. The topological polar surface area (TPSA) is 33.3 Å². The summed E-state index contributed by atoms with van der Waals surface area (Å²) in [6.45, 7) is 2.59. The molecule has 0 aliphatic carbocycles. The van der Waals surface area contributed by atoms with Gasteiger partial charge in [-0.25, -0.2) is 0 Å².